The van der Waals surface area contributed by atoms with Crippen molar-refractivity contribution in [1.82, 2.24) is 4.57 Å². The van der Waals surface area contributed by atoms with Crippen molar-refractivity contribution < 1.29 is 0 Å². The van der Waals surface area contributed by atoms with Gasteiger partial charge in [0, 0.05) is 8.31 Å². The normalized spacial score (nSPS) is 12.5. The van der Waals surface area contributed by atoms with Crippen LogP contribution in [0.15, 0.2) is 0 Å². The molecule has 0 amide bonds. The summed E-state index contributed by atoms with van der Waals surface area (Å²) >= 11 is 0. The van der Waals surface area contributed by atoms with Crippen LogP contribution in [0, 0.1) is 0 Å². The molecule has 0 aromatic rings. The van der Waals surface area contributed by atoms with Gasteiger partial charge in [0.15, 0.2) is 0 Å². The molecule has 0 atom stereocenters. The smallest absolute Gasteiger partial charge is 0.0827 e. The maximum Gasteiger partial charge on any atom is 0.0827 e. The Bertz CT molecular complexity index is 80.2. The van der Waals surface area contributed by atoms with Crippen LogP contribution in [0.25, 0.3) is 0 Å². The van der Waals surface area contributed by atoms with Crippen LogP contribution in [-0.2, 0) is 0 Å². The van der Waals surface area contributed by atoms with Crippen molar-refractivity contribution >= 4 is 17.5 Å². The monoisotopic (exact) mass is 189 g/mol. The van der Waals surface area contributed by atoms with E-state index in [2.05, 4.69) is 31.5 Å². The Morgan fingerprint density at radius 3 is 1.82 bits per heavy atom. The van der Waals surface area contributed by atoms with Crippen LogP contribution in [0.1, 0.15) is 26.7 Å². The fourth-order valence-corrected chi connectivity index (χ4v) is 7.67. The fourth-order valence-electron chi connectivity index (χ4n) is 1.44. The number of rotatable bonds is 6. The Morgan fingerprint density at radius 2 is 1.55 bits per heavy atom. The number of hydrogen-bond acceptors (Lipinski definition) is 1. The number of nitrogens with zero attached hydrogens (tertiary/aromatic N) is 1. The third kappa shape index (κ3) is 6.78. The lowest BCUT2D eigenvalue weighted by molar-refractivity contribution is 0.446. The quantitative estimate of drug-likeness (QED) is 0.567. The first-order chi connectivity index (χ1) is 5.20. The lowest BCUT2D eigenvalue weighted by Crippen LogP contribution is -2.36. The second-order valence-corrected chi connectivity index (χ2v) is 13.7. The van der Waals surface area contributed by atoms with E-state index in [1.807, 2.05) is 0 Å². The highest BCUT2D eigenvalue weighted by molar-refractivity contribution is 7.09. The maximum atomic E-state index is 2.76. The van der Waals surface area contributed by atoms with Gasteiger partial charge in [0.25, 0.3) is 0 Å². The Balaban J connectivity index is 3.50. The van der Waals surface area contributed by atoms with Gasteiger partial charge in [0.2, 0.25) is 0 Å². The molecule has 0 aliphatic rings. The molecule has 0 rings (SSSR count). The zero-order valence-corrected chi connectivity index (χ0v) is 11.1. The van der Waals surface area contributed by atoms with Crippen molar-refractivity contribution in [2.75, 3.05) is 13.1 Å². The van der Waals surface area contributed by atoms with Gasteiger partial charge in [0.1, 0.15) is 0 Å². The second kappa shape index (κ2) is 7.07. The molecule has 0 bridgehead atoms. The molecule has 68 valence electrons. The first kappa shape index (κ1) is 11.4. The summed E-state index contributed by atoms with van der Waals surface area (Å²) in [7, 11) is -0.0165. The highest BCUT2D eigenvalue weighted by Gasteiger charge is 2.05. The summed E-state index contributed by atoms with van der Waals surface area (Å²) in [6.45, 7) is 12.3. The van der Waals surface area contributed by atoms with Crippen LogP contribution in [0.2, 0.25) is 13.1 Å². The molecule has 0 aromatic heterocycles. The average Bonchev–Trinajstić information content (AvgIpc) is 1.87. The van der Waals surface area contributed by atoms with Crippen LogP contribution >= 0.6 is 0 Å². The van der Waals surface area contributed by atoms with Gasteiger partial charge in [-0.2, -0.15) is 0 Å². The van der Waals surface area contributed by atoms with Crippen molar-refractivity contribution in [2.45, 2.75) is 39.8 Å². The Hall–Kier alpha value is 0.394. The largest absolute Gasteiger partial charge is 0.332 e. The maximum absolute atomic E-state index is 2.76. The number of hydrogen-bond donors (Lipinski definition) is 0. The van der Waals surface area contributed by atoms with E-state index in [0.29, 0.717) is 0 Å². The standard InChI is InChI=1S/C8H23NSi2/c1-5-7-9(8-6-2)10-11(3)4/h11H,5-8,10H2,1-4H3. The average molecular weight is 189 g/mol. The zero-order valence-electron chi connectivity index (χ0n) is 8.56. The molecule has 0 spiro atoms. The predicted molar refractivity (Wildman–Crippen MR) is 59.6 cm³/mol. The van der Waals surface area contributed by atoms with E-state index in [0.717, 1.165) is 0 Å². The highest BCUT2D eigenvalue weighted by atomic mass is 29.2. The third-order valence-electron chi connectivity index (χ3n) is 1.70. The minimum absolute atomic E-state index is 0.210. The van der Waals surface area contributed by atoms with E-state index in [4.69, 9.17) is 0 Å². The van der Waals surface area contributed by atoms with E-state index in [1.54, 1.807) is 0 Å². The predicted octanol–water partition coefficient (Wildman–Crippen LogP) is 1.18. The molecule has 0 saturated heterocycles. The van der Waals surface area contributed by atoms with Gasteiger partial charge in [-0.1, -0.05) is 26.9 Å². The van der Waals surface area contributed by atoms with Gasteiger partial charge in [0.05, 0.1) is 9.20 Å². The van der Waals surface area contributed by atoms with Crippen LogP contribution < -0.4 is 0 Å². The Morgan fingerprint density at radius 1 is 1.09 bits per heavy atom. The van der Waals surface area contributed by atoms with Crippen LogP contribution in [0.4, 0.5) is 0 Å². The summed E-state index contributed by atoms with van der Waals surface area (Å²) in [6, 6.07) is 0. The lowest BCUT2D eigenvalue weighted by atomic mass is 10.4. The molecule has 11 heavy (non-hydrogen) atoms. The van der Waals surface area contributed by atoms with E-state index in [1.165, 1.54) is 25.9 Å². The molecular weight excluding hydrogens is 166 g/mol. The lowest BCUT2D eigenvalue weighted by Gasteiger charge is -2.21. The highest BCUT2D eigenvalue weighted by Crippen LogP contribution is 1.93. The molecule has 0 aliphatic carbocycles. The minimum Gasteiger partial charge on any atom is -0.332 e. The molecule has 0 heterocycles. The van der Waals surface area contributed by atoms with Crippen LogP contribution in [0.5, 0.6) is 0 Å². The van der Waals surface area contributed by atoms with Crippen molar-refractivity contribution in [3.05, 3.63) is 0 Å². The van der Waals surface area contributed by atoms with Crippen molar-refractivity contribution in [3.8, 4) is 0 Å². The molecule has 0 saturated carbocycles. The molecular formula is C8H23NSi2. The second-order valence-electron chi connectivity index (χ2n) is 3.69. The van der Waals surface area contributed by atoms with E-state index in [-0.39, 0.29) is 17.5 Å². The summed E-state index contributed by atoms with van der Waals surface area (Å²) < 4.78 is 2.76. The summed E-state index contributed by atoms with van der Waals surface area (Å²) in [6.07, 6.45) is 2.68. The first-order valence-electron chi connectivity index (χ1n) is 4.93. The van der Waals surface area contributed by atoms with Gasteiger partial charge in [-0.25, -0.2) is 0 Å². The van der Waals surface area contributed by atoms with Gasteiger partial charge >= 0.3 is 0 Å². The molecule has 1 nitrogen and oxygen atoms in total. The third-order valence-corrected chi connectivity index (χ3v) is 7.32. The Labute approximate surface area is 75.5 Å². The molecule has 0 aromatic carbocycles. The van der Waals surface area contributed by atoms with Crippen molar-refractivity contribution in [3.63, 3.8) is 0 Å². The summed E-state index contributed by atoms with van der Waals surface area (Å²) in [5.41, 5.74) is 0. The van der Waals surface area contributed by atoms with Gasteiger partial charge in [-0.3, -0.25) is 0 Å². The minimum atomic E-state index is -0.227. The molecule has 0 radical (unpaired) electrons. The zero-order chi connectivity index (χ0) is 8.69. The van der Waals surface area contributed by atoms with Gasteiger partial charge in [-0.15, -0.1) is 0 Å². The summed E-state index contributed by atoms with van der Waals surface area (Å²) in [5.74, 6) is 0. The van der Waals surface area contributed by atoms with Crippen molar-refractivity contribution in [1.29, 1.82) is 0 Å². The summed E-state index contributed by atoms with van der Waals surface area (Å²) in [4.78, 5) is 0. The van der Waals surface area contributed by atoms with Crippen LogP contribution in [-0.4, -0.2) is 35.2 Å². The van der Waals surface area contributed by atoms with E-state index >= 15 is 0 Å². The topological polar surface area (TPSA) is 3.24 Å². The molecule has 0 aliphatic heterocycles. The molecule has 3 heteroatoms. The van der Waals surface area contributed by atoms with Gasteiger partial charge < -0.3 is 4.57 Å². The fraction of sp³-hybridized carbons (Fsp3) is 1.00. The molecule has 0 fully saturated rings. The Kier molecular flexibility index (Phi) is 7.32. The van der Waals surface area contributed by atoms with Gasteiger partial charge in [-0.05, 0) is 25.9 Å². The van der Waals surface area contributed by atoms with E-state index in [9.17, 15) is 0 Å². The molecule has 0 unspecified atom stereocenters. The first-order valence-corrected chi connectivity index (χ1v) is 11.1. The van der Waals surface area contributed by atoms with E-state index < -0.39 is 0 Å². The summed E-state index contributed by atoms with van der Waals surface area (Å²) in [5, 5.41) is 0. The van der Waals surface area contributed by atoms with Crippen LogP contribution in [0.3, 0.4) is 0 Å². The van der Waals surface area contributed by atoms with Crippen molar-refractivity contribution in [2.24, 2.45) is 0 Å². The molecule has 0 N–H and O–H groups in total. The SMILES string of the molecule is CCCN(CCC)[SiH2][SiH](C)C.